The fourth-order valence-corrected chi connectivity index (χ4v) is 6.32. The molecule has 0 unspecified atom stereocenters. The number of fused-ring (bicyclic) bond motifs is 1. The minimum absolute atomic E-state index is 0.0726. The van der Waals surface area contributed by atoms with Gasteiger partial charge >= 0.3 is 0 Å². The first kappa shape index (κ1) is 26.4. The fourth-order valence-electron chi connectivity index (χ4n) is 5.84. The number of aromatic nitrogens is 1. The number of nitrogens with zero attached hydrogens (tertiary/aromatic N) is 3. The summed E-state index contributed by atoms with van der Waals surface area (Å²) in [4.78, 5) is 30.2. The van der Waals surface area contributed by atoms with Gasteiger partial charge in [0.05, 0.1) is 17.3 Å². The summed E-state index contributed by atoms with van der Waals surface area (Å²) in [6.07, 6.45) is 5.67. The second kappa shape index (κ2) is 10.9. The van der Waals surface area contributed by atoms with Crippen molar-refractivity contribution in [1.82, 2.24) is 19.1 Å². The van der Waals surface area contributed by atoms with E-state index in [0.29, 0.717) is 36.0 Å². The Kier molecular flexibility index (Phi) is 7.54. The van der Waals surface area contributed by atoms with Crippen molar-refractivity contribution in [3.05, 3.63) is 71.7 Å². The van der Waals surface area contributed by atoms with Gasteiger partial charge in [-0.05, 0) is 74.0 Å². The van der Waals surface area contributed by atoms with Gasteiger partial charge < -0.3 is 14.4 Å². The van der Waals surface area contributed by atoms with Crippen LogP contribution >= 0.6 is 0 Å². The lowest BCUT2D eigenvalue weighted by atomic mass is 9.89. The Morgan fingerprint density at radius 2 is 1.74 bits per heavy atom. The van der Waals surface area contributed by atoms with Crippen LogP contribution in [0.2, 0.25) is 0 Å². The number of carbonyl (C=O) groups is 2. The van der Waals surface area contributed by atoms with Crippen LogP contribution in [0.5, 0.6) is 0 Å². The van der Waals surface area contributed by atoms with Crippen molar-refractivity contribution >= 4 is 32.7 Å². The van der Waals surface area contributed by atoms with E-state index in [2.05, 4.69) is 4.90 Å². The van der Waals surface area contributed by atoms with E-state index in [-0.39, 0.29) is 18.3 Å². The van der Waals surface area contributed by atoms with Crippen LogP contribution in [0.15, 0.2) is 54.7 Å². The summed E-state index contributed by atoms with van der Waals surface area (Å²) in [7, 11) is -3.66. The highest BCUT2D eigenvalue weighted by Crippen LogP contribution is 2.30. The number of para-hydroxylation sites is 1. The molecule has 1 aromatic heterocycles. The highest BCUT2D eigenvalue weighted by molar-refractivity contribution is 7.89. The molecule has 0 aliphatic carbocycles. The van der Waals surface area contributed by atoms with Crippen molar-refractivity contribution in [2.75, 3.05) is 39.0 Å². The molecular formula is C28H33FN4O4S. The molecule has 8 nitrogen and oxygen atoms in total. The number of rotatable bonds is 7. The quantitative estimate of drug-likeness (QED) is 0.497. The number of carbonyl (C=O) groups excluding carboxylic acids is 2. The van der Waals surface area contributed by atoms with Crippen LogP contribution in [0.25, 0.3) is 10.9 Å². The smallest absolute Gasteiger partial charge is 0.256 e. The minimum Gasteiger partial charge on any atom is -0.338 e. The maximum absolute atomic E-state index is 13.6. The number of piperidine rings is 1. The number of likely N-dealkylation sites (tertiary alicyclic amines) is 2. The van der Waals surface area contributed by atoms with Gasteiger partial charge in [-0.3, -0.25) is 14.3 Å². The van der Waals surface area contributed by atoms with Crippen LogP contribution < -0.4 is 4.72 Å². The van der Waals surface area contributed by atoms with E-state index in [1.165, 1.54) is 17.7 Å². The van der Waals surface area contributed by atoms with Gasteiger partial charge in [0, 0.05) is 31.2 Å². The summed E-state index contributed by atoms with van der Waals surface area (Å²) in [5, 5.41) is 0.822. The van der Waals surface area contributed by atoms with Crippen molar-refractivity contribution in [3.63, 3.8) is 0 Å². The van der Waals surface area contributed by atoms with E-state index in [9.17, 15) is 22.4 Å². The molecule has 2 amide bonds. The van der Waals surface area contributed by atoms with Crippen molar-refractivity contribution in [2.45, 2.75) is 31.7 Å². The van der Waals surface area contributed by atoms with Crippen LogP contribution in [0.4, 0.5) is 4.39 Å². The number of sulfonamides is 1. The molecule has 5 rings (SSSR count). The van der Waals surface area contributed by atoms with Crippen molar-refractivity contribution in [1.29, 1.82) is 0 Å². The third kappa shape index (κ3) is 6.07. The minimum atomic E-state index is -3.66. The summed E-state index contributed by atoms with van der Waals surface area (Å²) < 4.78 is 39.7. The molecule has 3 heterocycles. The molecule has 2 aliphatic heterocycles. The second-order valence-corrected chi connectivity index (χ2v) is 12.3. The highest BCUT2D eigenvalue weighted by Gasteiger charge is 2.31. The molecule has 1 atom stereocenters. The zero-order valence-electron chi connectivity index (χ0n) is 21.5. The Balaban J connectivity index is 1.20. The number of halogens is 1. The largest absolute Gasteiger partial charge is 0.338 e. The summed E-state index contributed by atoms with van der Waals surface area (Å²) in [5.41, 5.74) is 2.35. The average Bonchev–Trinajstić information content (AvgIpc) is 3.51. The Hall–Kier alpha value is -3.24. The lowest BCUT2D eigenvalue weighted by Gasteiger charge is -2.33. The van der Waals surface area contributed by atoms with E-state index in [4.69, 9.17) is 0 Å². The predicted molar refractivity (Wildman–Crippen MR) is 144 cm³/mol. The molecular weight excluding hydrogens is 507 g/mol. The number of nitrogens with one attached hydrogen (secondary N) is 1. The molecule has 2 aromatic carbocycles. The normalized spacial score (nSPS) is 19.2. The van der Waals surface area contributed by atoms with Gasteiger partial charge in [-0.15, -0.1) is 0 Å². The highest BCUT2D eigenvalue weighted by atomic mass is 32.2. The van der Waals surface area contributed by atoms with Gasteiger partial charge in [-0.25, -0.2) is 12.8 Å². The molecule has 1 N–H and O–H groups in total. The lowest BCUT2D eigenvalue weighted by Crippen LogP contribution is -2.38. The zero-order valence-corrected chi connectivity index (χ0v) is 22.3. The van der Waals surface area contributed by atoms with Crippen LogP contribution in [-0.4, -0.2) is 73.6 Å². The van der Waals surface area contributed by atoms with Crippen molar-refractivity contribution in [3.8, 4) is 0 Å². The number of hydrogen-bond acceptors (Lipinski definition) is 5. The molecule has 0 bridgehead atoms. The summed E-state index contributed by atoms with van der Waals surface area (Å²) >= 11 is 0. The van der Waals surface area contributed by atoms with Gasteiger partial charge in [0.15, 0.2) is 0 Å². The van der Waals surface area contributed by atoms with Gasteiger partial charge in [-0.1, -0.05) is 24.3 Å². The summed E-state index contributed by atoms with van der Waals surface area (Å²) in [5.74, 6) is -0.0701. The SMILES string of the molecule is CS(=O)(=O)NC(=O)Cn1ccc2cccc(C(=O)N3CC[C@H](CN4CCC(c5ccc(F)cc5)CC4)C3)c21. The standard InChI is InChI=1S/C28H33FN4O4S/c1-38(36,37)30-26(34)19-32-16-12-23-3-2-4-25(27(23)32)28(35)33-15-9-20(18-33)17-31-13-10-22(11-14-31)21-5-7-24(29)8-6-21/h2-8,12,16,20,22H,9-11,13-15,17-19H2,1H3,(H,30,34)/t20-/m1/s1. The molecule has 2 aliphatic rings. The van der Waals surface area contributed by atoms with E-state index in [0.717, 1.165) is 50.5 Å². The monoisotopic (exact) mass is 540 g/mol. The first-order valence-electron chi connectivity index (χ1n) is 13.0. The van der Waals surface area contributed by atoms with Crippen LogP contribution in [0, 0.1) is 11.7 Å². The van der Waals surface area contributed by atoms with Crippen LogP contribution in [0.3, 0.4) is 0 Å². The first-order valence-corrected chi connectivity index (χ1v) is 14.9. The van der Waals surface area contributed by atoms with Crippen molar-refractivity contribution < 1.29 is 22.4 Å². The maximum atomic E-state index is 13.6. The molecule has 10 heteroatoms. The Morgan fingerprint density at radius 3 is 2.45 bits per heavy atom. The van der Waals surface area contributed by atoms with Gasteiger partial charge in [0.25, 0.3) is 11.8 Å². The van der Waals surface area contributed by atoms with E-state index >= 15 is 0 Å². The molecule has 2 saturated heterocycles. The predicted octanol–water partition coefficient (Wildman–Crippen LogP) is 3.20. The molecule has 0 saturated carbocycles. The van der Waals surface area contributed by atoms with Crippen molar-refractivity contribution in [2.24, 2.45) is 5.92 Å². The van der Waals surface area contributed by atoms with Crippen LogP contribution in [-0.2, 0) is 21.4 Å². The van der Waals surface area contributed by atoms with E-state index in [1.807, 2.05) is 40.0 Å². The first-order chi connectivity index (χ1) is 18.2. The van der Waals surface area contributed by atoms with Crippen LogP contribution in [0.1, 0.15) is 41.1 Å². The topological polar surface area (TPSA) is 91.7 Å². The number of benzene rings is 2. The van der Waals surface area contributed by atoms with E-state index < -0.39 is 15.9 Å². The van der Waals surface area contributed by atoms with Gasteiger partial charge in [0.2, 0.25) is 10.0 Å². The third-order valence-corrected chi connectivity index (χ3v) is 8.25. The summed E-state index contributed by atoms with van der Waals surface area (Å²) in [6, 6.07) is 14.2. The van der Waals surface area contributed by atoms with Gasteiger partial charge in [-0.2, -0.15) is 0 Å². The zero-order chi connectivity index (χ0) is 26.9. The molecule has 0 spiro atoms. The Bertz CT molecular complexity index is 1430. The lowest BCUT2D eigenvalue weighted by molar-refractivity contribution is -0.119. The van der Waals surface area contributed by atoms with E-state index in [1.54, 1.807) is 16.8 Å². The third-order valence-electron chi connectivity index (χ3n) is 7.65. The summed E-state index contributed by atoms with van der Waals surface area (Å²) in [6.45, 7) is 4.11. The molecule has 2 fully saturated rings. The fraction of sp³-hybridized carbons (Fsp3) is 0.429. The molecule has 202 valence electrons. The molecule has 38 heavy (non-hydrogen) atoms. The average molecular weight is 541 g/mol. The Morgan fingerprint density at radius 1 is 1.00 bits per heavy atom. The number of amides is 2. The van der Waals surface area contributed by atoms with Gasteiger partial charge in [0.1, 0.15) is 12.4 Å². The Labute approximate surface area is 222 Å². The molecule has 0 radical (unpaired) electrons. The number of hydrogen-bond donors (Lipinski definition) is 1. The molecule has 3 aromatic rings. The maximum Gasteiger partial charge on any atom is 0.256 e. The second-order valence-electron chi connectivity index (χ2n) is 10.5.